The second kappa shape index (κ2) is 6.15. The first kappa shape index (κ1) is 13.9. The largest absolute Gasteiger partial charge is 0.369 e. The normalized spacial score (nSPS) is 24.6. The fourth-order valence-electron chi connectivity index (χ4n) is 3.41. The number of rotatable bonds is 3. The van der Waals surface area contributed by atoms with Gasteiger partial charge >= 0.3 is 0 Å². The van der Waals surface area contributed by atoms with Gasteiger partial charge in [-0.15, -0.1) is 0 Å². The van der Waals surface area contributed by atoms with Crippen LogP contribution in [0.3, 0.4) is 0 Å². The van der Waals surface area contributed by atoms with Crippen molar-refractivity contribution in [2.24, 2.45) is 0 Å². The molecule has 2 aliphatic heterocycles. The monoisotopic (exact) mass is 273 g/mol. The molecule has 2 saturated heterocycles. The molecule has 110 valence electrons. The second-order valence-corrected chi connectivity index (χ2v) is 6.40. The molecule has 1 aromatic carbocycles. The smallest absolute Gasteiger partial charge is 0.0369 e. The molecular weight excluding hydrogens is 246 g/mol. The molecule has 1 unspecified atom stereocenters. The fraction of sp³-hybridized carbons (Fsp3) is 0.647. The minimum absolute atomic E-state index is 0.674. The van der Waals surface area contributed by atoms with Gasteiger partial charge in [0.25, 0.3) is 0 Å². The summed E-state index contributed by atoms with van der Waals surface area (Å²) in [6.45, 7) is 11.6. The predicted octanol–water partition coefficient (Wildman–Crippen LogP) is 2.29. The molecule has 2 fully saturated rings. The van der Waals surface area contributed by atoms with Crippen LogP contribution in [0.15, 0.2) is 24.3 Å². The highest BCUT2D eigenvalue weighted by Gasteiger charge is 2.21. The van der Waals surface area contributed by atoms with Gasteiger partial charge in [-0.1, -0.05) is 12.1 Å². The second-order valence-electron chi connectivity index (χ2n) is 6.40. The Labute approximate surface area is 123 Å². The molecule has 0 saturated carbocycles. The van der Waals surface area contributed by atoms with E-state index in [1.807, 2.05) is 0 Å². The summed E-state index contributed by atoms with van der Waals surface area (Å²) in [4.78, 5) is 5.12. The highest BCUT2D eigenvalue weighted by molar-refractivity contribution is 5.50. The molecule has 1 aromatic rings. The van der Waals surface area contributed by atoms with Crippen molar-refractivity contribution in [1.29, 1.82) is 0 Å². The molecule has 3 rings (SSSR count). The van der Waals surface area contributed by atoms with Crippen molar-refractivity contribution in [1.82, 2.24) is 10.2 Å². The van der Waals surface area contributed by atoms with Gasteiger partial charge in [-0.2, -0.15) is 0 Å². The van der Waals surface area contributed by atoms with Crippen LogP contribution in [0.2, 0.25) is 0 Å². The number of benzene rings is 1. The van der Waals surface area contributed by atoms with E-state index in [1.54, 1.807) is 0 Å². The lowest BCUT2D eigenvalue weighted by Gasteiger charge is -2.38. The Bertz CT molecular complexity index is 430. The summed E-state index contributed by atoms with van der Waals surface area (Å²) >= 11 is 0. The van der Waals surface area contributed by atoms with Crippen molar-refractivity contribution >= 4 is 5.69 Å². The SMILES string of the molecule is CC(C)N1CCN(c2cccc(C3CCNC3)c2)CC1. The van der Waals surface area contributed by atoms with Crippen molar-refractivity contribution < 1.29 is 0 Å². The summed E-state index contributed by atoms with van der Waals surface area (Å²) in [5.74, 6) is 0.715. The molecular formula is C17H27N3. The molecule has 2 heterocycles. The van der Waals surface area contributed by atoms with Crippen LogP contribution < -0.4 is 10.2 Å². The van der Waals surface area contributed by atoms with Gasteiger partial charge in [-0.25, -0.2) is 0 Å². The summed E-state index contributed by atoms with van der Waals surface area (Å²) in [7, 11) is 0. The van der Waals surface area contributed by atoms with E-state index in [2.05, 4.69) is 53.2 Å². The maximum atomic E-state index is 3.47. The van der Waals surface area contributed by atoms with Crippen LogP contribution in [0.4, 0.5) is 5.69 Å². The Kier molecular flexibility index (Phi) is 4.27. The Balaban J connectivity index is 1.67. The Morgan fingerprint density at radius 2 is 1.95 bits per heavy atom. The van der Waals surface area contributed by atoms with Crippen molar-refractivity contribution in [3.63, 3.8) is 0 Å². The zero-order valence-corrected chi connectivity index (χ0v) is 12.8. The number of nitrogens with one attached hydrogen (secondary N) is 1. The molecule has 0 radical (unpaired) electrons. The fourth-order valence-corrected chi connectivity index (χ4v) is 3.41. The van der Waals surface area contributed by atoms with Gasteiger partial charge in [0.15, 0.2) is 0 Å². The predicted molar refractivity (Wildman–Crippen MR) is 85.6 cm³/mol. The van der Waals surface area contributed by atoms with E-state index >= 15 is 0 Å². The number of anilines is 1. The maximum absolute atomic E-state index is 3.47. The minimum Gasteiger partial charge on any atom is -0.369 e. The third-order valence-electron chi connectivity index (χ3n) is 4.81. The first-order valence-corrected chi connectivity index (χ1v) is 8.04. The lowest BCUT2D eigenvalue weighted by molar-refractivity contribution is 0.209. The van der Waals surface area contributed by atoms with Gasteiger partial charge < -0.3 is 10.2 Å². The summed E-state index contributed by atoms with van der Waals surface area (Å²) in [6.07, 6.45) is 1.28. The molecule has 20 heavy (non-hydrogen) atoms. The van der Waals surface area contributed by atoms with Crippen LogP contribution >= 0.6 is 0 Å². The average Bonchev–Trinajstić information content (AvgIpc) is 3.02. The van der Waals surface area contributed by atoms with Crippen LogP contribution in [-0.2, 0) is 0 Å². The summed E-state index contributed by atoms with van der Waals surface area (Å²) in [6, 6.07) is 9.90. The van der Waals surface area contributed by atoms with Crippen molar-refractivity contribution in [3.05, 3.63) is 29.8 Å². The average molecular weight is 273 g/mol. The molecule has 3 nitrogen and oxygen atoms in total. The van der Waals surface area contributed by atoms with Gasteiger partial charge in [-0.3, -0.25) is 4.90 Å². The minimum atomic E-state index is 0.674. The first-order chi connectivity index (χ1) is 9.74. The summed E-state index contributed by atoms with van der Waals surface area (Å²) in [5, 5.41) is 3.47. The number of nitrogens with zero attached hydrogens (tertiary/aromatic N) is 2. The molecule has 1 atom stereocenters. The number of hydrogen-bond donors (Lipinski definition) is 1. The van der Waals surface area contributed by atoms with E-state index in [9.17, 15) is 0 Å². The standard InChI is InChI=1S/C17H27N3/c1-14(2)19-8-10-20(11-9-19)17-5-3-4-15(12-17)16-6-7-18-13-16/h3-5,12,14,16,18H,6-11,13H2,1-2H3. The molecule has 0 aliphatic carbocycles. The van der Waals surface area contributed by atoms with E-state index in [0.717, 1.165) is 19.6 Å². The van der Waals surface area contributed by atoms with E-state index in [-0.39, 0.29) is 0 Å². The lowest BCUT2D eigenvalue weighted by Crippen LogP contribution is -2.48. The van der Waals surface area contributed by atoms with E-state index in [1.165, 1.54) is 37.3 Å². The summed E-state index contributed by atoms with van der Waals surface area (Å²) < 4.78 is 0. The molecule has 2 aliphatic rings. The Morgan fingerprint density at radius 3 is 2.60 bits per heavy atom. The van der Waals surface area contributed by atoms with Gasteiger partial charge in [0.2, 0.25) is 0 Å². The van der Waals surface area contributed by atoms with E-state index in [4.69, 9.17) is 0 Å². The highest BCUT2D eigenvalue weighted by atomic mass is 15.3. The van der Waals surface area contributed by atoms with Crippen molar-refractivity contribution in [3.8, 4) is 0 Å². The molecule has 0 spiro atoms. The first-order valence-electron chi connectivity index (χ1n) is 8.04. The van der Waals surface area contributed by atoms with E-state index < -0.39 is 0 Å². The van der Waals surface area contributed by atoms with Crippen LogP contribution in [0.25, 0.3) is 0 Å². The summed E-state index contributed by atoms with van der Waals surface area (Å²) in [5.41, 5.74) is 2.93. The maximum Gasteiger partial charge on any atom is 0.0369 e. The highest BCUT2D eigenvalue weighted by Crippen LogP contribution is 2.26. The van der Waals surface area contributed by atoms with Crippen LogP contribution in [-0.4, -0.2) is 50.2 Å². The molecule has 1 N–H and O–H groups in total. The molecule has 0 amide bonds. The molecule has 0 aromatic heterocycles. The quantitative estimate of drug-likeness (QED) is 0.911. The zero-order chi connectivity index (χ0) is 13.9. The van der Waals surface area contributed by atoms with Crippen molar-refractivity contribution in [2.75, 3.05) is 44.2 Å². The van der Waals surface area contributed by atoms with Crippen molar-refractivity contribution in [2.45, 2.75) is 32.2 Å². The molecule has 3 heteroatoms. The van der Waals surface area contributed by atoms with Crippen LogP contribution in [0.5, 0.6) is 0 Å². The van der Waals surface area contributed by atoms with Gasteiger partial charge in [-0.05, 0) is 50.4 Å². The number of hydrogen-bond acceptors (Lipinski definition) is 3. The van der Waals surface area contributed by atoms with Gasteiger partial charge in [0.1, 0.15) is 0 Å². The van der Waals surface area contributed by atoms with Crippen LogP contribution in [0.1, 0.15) is 31.7 Å². The zero-order valence-electron chi connectivity index (χ0n) is 12.8. The van der Waals surface area contributed by atoms with Gasteiger partial charge in [0.05, 0.1) is 0 Å². The lowest BCUT2D eigenvalue weighted by atomic mass is 9.98. The van der Waals surface area contributed by atoms with Crippen LogP contribution in [0, 0.1) is 0 Å². The van der Waals surface area contributed by atoms with Gasteiger partial charge in [0, 0.05) is 44.5 Å². The molecule has 0 bridgehead atoms. The Hall–Kier alpha value is -1.06. The Morgan fingerprint density at radius 1 is 1.15 bits per heavy atom. The third-order valence-corrected chi connectivity index (χ3v) is 4.81. The topological polar surface area (TPSA) is 18.5 Å². The number of piperazine rings is 1. The third kappa shape index (κ3) is 2.99. The van der Waals surface area contributed by atoms with E-state index in [0.29, 0.717) is 12.0 Å².